The Labute approximate surface area is 115 Å². The fourth-order valence-corrected chi connectivity index (χ4v) is 2.17. The van der Waals surface area contributed by atoms with Crippen molar-refractivity contribution in [1.82, 2.24) is 4.90 Å². The third kappa shape index (κ3) is 3.24. The Kier molecular flexibility index (Phi) is 4.52. The van der Waals surface area contributed by atoms with Gasteiger partial charge in [-0.05, 0) is 12.5 Å². The van der Waals surface area contributed by atoms with E-state index in [1.807, 2.05) is 0 Å². The Morgan fingerprint density at radius 1 is 1.50 bits per heavy atom. The van der Waals surface area contributed by atoms with Crippen LogP contribution in [0.4, 0.5) is 5.69 Å². The summed E-state index contributed by atoms with van der Waals surface area (Å²) in [5, 5.41) is 19.8. The number of nitrogens with zero attached hydrogens (tertiary/aromatic N) is 2. The van der Waals surface area contributed by atoms with Gasteiger partial charge in [0.2, 0.25) is 0 Å². The Morgan fingerprint density at radius 3 is 2.90 bits per heavy atom. The minimum absolute atomic E-state index is 0.0643. The molecule has 20 heavy (non-hydrogen) atoms. The van der Waals surface area contributed by atoms with E-state index in [2.05, 4.69) is 0 Å². The number of carbonyl (C=O) groups excluding carboxylic acids is 1. The van der Waals surface area contributed by atoms with Crippen LogP contribution in [0.15, 0.2) is 24.3 Å². The average Bonchev–Trinajstić information content (AvgIpc) is 2.94. The normalized spacial score (nSPS) is 18.1. The summed E-state index contributed by atoms with van der Waals surface area (Å²) in [5.74, 6) is -0.0205. The maximum absolute atomic E-state index is 11.9. The van der Waals surface area contributed by atoms with Crippen LogP contribution in [0.5, 0.6) is 5.75 Å². The lowest BCUT2D eigenvalue weighted by Crippen LogP contribution is -2.33. The first-order valence-corrected chi connectivity index (χ1v) is 6.36. The zero-order valence-electron chi connectivity index (χ0n) is 10.9. The van der Waals surface area contributed by atoms with Gasteiger partial charge in [0.05, 0.1) is 4.92 Å². The van der Waals surface area contributed by atoms with E-state index in [1.165, 1.54) is 12.1 Å². The molecule has 7 heteroatoms. The zero-order chi connectivity index (χ0) is 14.5. The number of carbonyl (C=O) groups is 1. The number of aliphatic hydroxyl groups excluding tert-OH is 1. The molecule has 1 atom stereocenters. The average molecular weight is 280 g/mol. The molecule has 0 aromatic heterocycles. The second-order valence-corrected chi connectivity index (χ2v) is 4.69. The Morgan fingerprint density at radius 2 is 2.25 bits per heavy atom. The summed E-state index contributed by atoms with van der Waals surface area (Å²) < 4.78 is 5.25. The fraction of sp³-hybridized carbons (Fsp3) is 0.462. The molecule has 0 spiro atoms. The fourth-order valence-electron chi connectivity index (χ4n) is 2.17. The van der Waals surface area contributed by atoms with Gasteiger partial charge < -0.3 is 14.7 Å². The number of ether oxygens (including phenoxy) is 1. The van der Waals surface area contributed by atoms with Crippen molar-refractivity contribution >= 4 is 11.6 Å². The van der Waals surface area contributed by atoms with E-state index >= 15 is 0 Å². The maximum atomic E-state index is 11.9. The second-order valence-electron chi connectivity index (χ2n) is 4.69. The van der Waals surface area contributed by atoms with Crippen LogP contribution in [0.2, 0.25) is 0 Å². The van der Waals surface area contributed by atoms with Crippen LogP contribution < -0.4 is 4.74 Å². The molecule has 2 rings (SSSR count). The molecule has 1 saturated heterocycles. The molecule has 0 aliphatic carbocycles. The van der Waals surface area contributed by atoms with E-state index in [4.69, 9.17) is 9.84 Å². The predicted molar refractivity (Wildman–Crippen MR) is 70.4 cm³/mol. The highest BCUT2D eigenvalue weighted by Gasteiger charge is 2.26. The van der Waals surface area contributed by atoms with Gasteiger partial charge in [-0.15, -0.1) is 0 Å². The second kappa shape index (κ2) is 6.33. The van der Waals surface area contributed by atoms with Crippen LogP contribution in [0, 0.1) is 16.0 Å². The molecule has 1 heterocycles. The van der Waals surface area contributed by atoms with E-state index < -0.39 is 4.92 Å². The lowest BCUT2D eigenvalue weighted by atomic mass is 10.1. The molecule has 1 aliphatic rings. The molecule has 1 unspecified atom stereocenters. The van der Waals surface area contributed by atoms with Gasteiger partial charge in [0.15, 0.2) is 12.4 Å². The highest BCUT2D eigenvalue weighted by atomic mass is 16.6. The standard InChI is InChI=1S/C13H16N2O5/c16-8-10-5-6-14(7-10)13(17)9-20-12-4-2-1-3-11(12)15(18)19/h1-4,10,16H,5-9H2. The first kappa shape index (κ1) is 14.3. The summed E-state index contributed by atoms with van der Waals surface area (Å²) in [5.41, 5.74) is -0.157. The molecule has 1 aliphatic heterocycles. The topological polar surface area (TPSA) is 92.9 Å². The van der Waals surface area contributed by atoms with Crippen molar-refractivity contribution in [1.29, 1.82) is 0 Å². The molecule has 7 nitrogen and oxygen atoms in total. The smallest absolute Gasteiger partial charge is 0.310 e. The van der Waals surface area contributed by atoms with Crippen LogP contribution in [0.3, 0.4) is 0 Å². The summed E-state index contributed by atoms with van der Waals surface area (Å²) in [6.45, 7) is 0.928. The van der Waals surface area contributed by atoms with Crippen molar-refractivity contribution in [2.75, 3.05) is 26.3 Å². The Balaban J connectivity index is 1.92. The molecule has 1 N–H and O–H groups in total. The van der Waals surface area contributed by atoms with E-state index in [-0.39, 0.29) is 36.5 Å². The number of hydrogen-bond donors (Lipinski definition) is 1. The summed E-state index contributed by atoms with van der Waals surface area (Å²) in [6, 6.07) is 5.95. The van der Waals surface area contributed by atoms with Crippen molar-refractivity contribution < 1.29 is 19.6 Å². The number of aliphatic hydroxyl groups is 1. The number of rotatable bonds is 5. The van der Waals surface area contributed by atoms with Crippen molar-refractivity contribution in [2.45, 2.75) is 6.42 Å². The molecular weight excluding hydrogens is 264 g/mol. The predicted octanol–water partition coefficient (Wildman–Crippen LogP) is 0.814. The van der Waals surface area contributed by atoms with Crippen LogP contribution >= 0.6 is 0 Å². The minimum atomic E-state index is -0.544. The summed E-state index contributed by atoms with van der Waals surface area (Å²) in [7, 11) is 0. The van der Waals surface area contributed by atoms with Gasteiger partial charge in [-0.3, -0.25) is 14.9 Å². The molecule has 1 amide bonds. The van der Waals surface area contributed by atoms with Gasteiger partial charge in [-0.25, -0.2) is 0 Å². The monoisotopic (exact) mass is 280 g/mol. The van der Waals surface area contributed by atoms with Crippen LogP contribution in [0.25, 0.3) is 0 Å². The lowest BCUT2D eigenvalue weighted by molar-refractivity contribution is -0.385. The third-order valence-corrected chi connectivity index (χ3v) is 3.31. The van der Waals surface area contributed by atoms with Crippen molar-refractivity contribution in [3.8, 4) is 5.75 Å². The van der Waals surface area contributed by atoms with Gasteiger partial charge in [-0.1, -0.05) is 12.1 Å². The number of nitro groups is 1. The van der Waals surface area contributed by atoms with Gasteiger partial charge >= 0.3 is 5.69 Å². The van der Waals surface area contributed by atoms with E-state index in [0.29, 0.717) is 13.1 Å². The Hall–Kier alpha value is -2.15. The van der Waals surface area contributed by atoms with E-state index in [9.17, 15) is 14.9 Å². The van der Waals surface area contributed by atoms with Gasteiger partial charge in [-0.2, -0.15) is 0 Å². The molecule has 0 radical (unpaired) electrons. The van der Waals surface area contributed by atoms with Crippen molar-refractivity contribution in [3.63, 3.8) is 0 Å². The van der Waals surface area contributed by atoms with Gasteiger partial charge in [0, 0.05) is 31.7 Å². The Bertz CT molecular complexity index is 505. The minimum Gasteiger partial charge on any atom is -0.477 e. The lowest BCUT2D eigenvalue weighted by Gasteiger charge is -2.16. The quantitative estimate of drug-likeness (QED) is 0.636. The zero-order valence-corrected chi connectivity index (χ0v) is 10.9. The number of nitro benzene ring substituents is 1. The van der Waals surface area contributed by atoms with Crippen molar-refractivity contribution in [3.05, 3.63) is 34.4 Å². The van der Waals surface area contributed by atoms with E-state index in [1.54, 1.807) is 17.0 Å². The number of para-hydroxylation sites is 2. The number of likely N-dealkylation sites (tertiary alicyclic amines) is 1. The van der Waals surface area contributed by atoms with Crippen LogP contribution in [-0.2, 0) is 4.79 Å². The molecule has 1 aromatic rings. The maximum Gasteiger partial charge on any atom is 0.310 e. The molecule has 1 fully saturated rings. The van der Waals surface area contributed by atoms with Gasteiger partial charge in [0.1, 0.15) is 0 Å². The summed E-state index contributed by atoms with van der Waals surface area (Å²) >= 11 is 0. The third-order valence-electron chi connectivity index (χ3n) is 3.31. The molecule has 0 saturated carbocycles. The van der Waals surface area contributed by atoms with Crippen LogP contribution in [-0.4, -0.2) is 47.1 Å². The van der Waals surface area contributed by atoms with Gasteiger partial charge in [0.25, 0.3) is 5.91 Å². The summed E-state index contributed by atoms with van der Waals surface area (Å²) in [6.07, 6.45) is 0.772. The number of hydrogen-bond acceptors (Lipinski definition) is 5. The highest BCUT2D eigenvalue weighted by Crippen LogP contribution is 2.26. The SMILES string of the molecule is O=C(COc1ccccc1[N+](=O)[O-])N1CCC(CO)C1. The molecule has 1 aromatic carbocycles. The first-order valence-electron chi connectivity index (χ1n) is 6.36. The largest absolute Gasteiger partial charge is 0.477 e. The van der Waals surface area contributed by atoms with Crippen molar-refractivity contribution in [2.24, 2.45) is 5.92 Å². The first-order chi connectivity index (χ1) is 9.61. The number of benzene rings is 1. The molecule has 0 bridgehead atoms. The summed E-state index contributed by atoms with van der Waals surface area (Å²) in [4.78, 5) is 23.8. The van der Waals surface area contributed by atoms with E-state index in [0.717, 1.165) is 6.42 Å². The van der Waals surface area contributed by atoms with Crippen LogP contribution in [0.1, 0.15) is 6.42 Å². The number of amides is 1. The molecule has 108 valence electrons. The molecular formula is C13H16N2O5. The highest BCUT2D eigenvalue weighted by molar-refractivity contribution is 5.78.